The molecule has 2 aromatic carbocycles. The summed E-state index contributed by atoms with van der Waals surface area (Å²) >= 11 is 0. The van der Waals surface area contributed by atoms with Crippen molar-refractivity contribution in [2.45, 2.75) is 12.5 Å². The number of nitrogens with one attached hydrogen (secondary N) is 2. The normalized spacial score (nSPS) is 18.4. The second kappa shape index (κ2) is 4.25. The molecule has 1 radical (unpaired) electrons. The highest BCUT2D eigenvalue weighted by atomic mass is 14.9. The van der Waals surface area contributed by atoms with Crippen molar-refractivity contribution in [2.24, 2.45) is 0 Å². The van der Waals surface area contributed by atoms with Gasteiger partial charge in [0.05, 0.1) is 12.2 Å². The molecule has 1 unspecified atom stereocenters. The van der Waals surface area contributed by atoms with Gasteiger partial charge < -0.3 is 10.3 Å². The zero-order valence-corrected chi connectivity index (χ0v) is 10.6. The van der Waals surface area contributed by atoms with Gasteiger partial charge in [0.1, 0.15) is 0 Å². The Kier molecular flexibility index (Phi) is 2.42. The van der Waals surface area contributed by atoms with Gasteiger partial charge in [-0.3, -0.25) is 0 Å². The number of benzene rings is 2. The molecule has 0 aliphatic carbocycles. The molecule has 19 heavy (non-hydrogen) atoms. The van der Waals surface area contributed by atoms with Crippen molar-refractivity contribution >= 4 is 10.9 Å². The van der Waals surface area contributed by atoms with E-state index < -0.39 is 0 Å². The molecule has 0 saturated heterocycles. The van der Waals surface area contributed by atoms with Crippen LogP contribution < -0.4 is 5.32 Å². The zero-order chi connectivity index (χ0) is 12.7. The van der Waals surface area contributed by atoms with Gasteiger partial charge in [-0.1, -0.05) is 42.5 Å². The molecule has 1 atom stereocenters. The molecule has 0 bridgehead atoms. The van der Waals surface area contributed by atoms with E-state index in [-0.39, 0.29) is 6.04 Å². The van der Waals surface area contributed by atoms with Crippen molar-refractivity contribution in [3.05, 3.63) is 71.4 Å². The van der Waals surface area contributed by atoms with Crippen LogP contribution in [-0.2, 0) is 6.42 Å². The molecule has 0 spiro atoms. The van der Waals surface area contributed by atoms with Gasteiger partial charge >= 0.3 is 0 Å². The molecule has 2 heterocycles. The highest BCUT2D eigenvalue weighted by Crippen LogP contribution is 2.32. The minimum absolute atomic E-state index is 0.251. The number of aromatic amines is 1. The van der Waals surface area contributed by atoms with Gasteiger partial charge in [0, 0.05) is 23.0 Å². The molecule has 2 nitrogen and oxygen atoms in total. The SMILES string of the molecule is [c]1[nH]c2ccccc2c1C1NCCc2ccccc21. The van der Waals surface area contributed by atoms with Crippen LogP contribution in [0, 0.1) is 6.20 Å². The average Bonchev–Trinajstić information content (AvgIpc) is 2.90. The third-order valence-corrected chi connectivity index (χ3v) is 3.95. The number of aromatic nitrogens is 1. The van der Waals surface area contributed by atoms with Gasteiger partial charge in [-0.25, -0.2) is 0 Å². The largest absolute Gasteiger partial charge is 0.353 e. The van der Waals surface area contributed by atoms with E-state index in [9.17, 15) is 0 Å². The third kappa shape index (κ3) is 1.68. The molecule has 1 aliphatic rings. The van der Waals surface area contributed by atoms with Gasteiger partial charge in [0.2, 0.25) is 0 Å². The van der Waals surface area contributed by atoms with E-state index in [1.165, 1.54) is 22.1 Å². The molecule has 1 aromatic heterocycles. The van der Waals surface area contributed by atoms with Crippen LogP contribution in [-0.4, -0.2) is 11.5 Å². The number of fused-ring (bicyclic) bond motifs is 2. The number of rotatable bonds is 1. The second-order valence-electron chi connectivity index (χ2n) is 5.05. The summed E-state index contributed by atoms with van der Waals surface area (Å²) in [5.41, 5.74) is 5.21. The van der Waals surface area contributed by atoms with Crippen molar-refractivity contribution in [3.8, 4) is 0 Å². The van der Waals surface area contributed by atoms with Crippen LogP contribution >= 0.6 is 0 Å². The Morgan fingerprint density at radius 1 is 1.00 bits per heavy atom. The van der Waals surface area contributed by atoms with Crippen LogP contribution in [0.3, 0.4) is 0 Å². The lowest BCUT2D eigenvalue weighted by Crippen LogP contribution is -2.30. The first-order chi connectivity index (χ1) is 9.43. The Bertz CT molecular complexity index is 727. The molecule has 4 rings (SSSR count). The lowest BCUT2D eigenvalue weighted by molar-refractivity contribution is 0.570. The molecule has 0 amide bonds. The Labute approximate surface area is 112 Å². The fourth-order valence-corrected chi connectivity index (χ4v) is 3.02. The highest BCUT2D eigenvalue weighted by Gasteiger charge is 2.23. The first-order valence-electron chi connectivity index (χ1n) is 6.73. The molecule has 93 valence electrons. The second-order valence-corrected chi connectivity index (χ2v) is 5.05. The average molecular weight is 247 g/mol. The summed E-state index contributed by atoms with van der Waals surface area (Å²) in [6, 6.07) is 17.4. The van der Waals surface area contributed by atoms with Gasteiger partial charge in [0.15, 0.2) is 0 Å². The van der Waals surface area contributed by atoms with E-state index in [2.05, 4.69) is 65.0 Å². The van der Waals surface area contributed by atoms with Crippen LogP contribution in [0.4, 0.5) is 0 Å². The maximum atomic E-state index is 3.62. The first kappa shape index (κ1) is 10.8. The van der Waals surface area contributed by atoms with E-state index in [0.29, 0.717) is 0 Å². The fourth-order valence-electron chi connectivity index (χ4n) is 3.02. The van der Waals surface area contributed by atoms with Crippen molar-refractivity contribution in [1.29, 1.82) is 0 Å². The van der Waals surface area contributed by atoms with Gasteiger partial charge in [-0.2, -0.15) is 0 Å². The lowest BCUT2D eigenvalue weighted by Gasteiger charge is -2.26. The number of hydrogen-bond donors (Lipinski definition) is 2. The van der Waals surface area contributed by atoms with Crippen LogP contribution in [0.25, 0.3) is 10.9 Å². The van der Waals surface area contributed by atoms with Gasteiger partial charge in [-0.15, -0.1) is 0 Å². The number of hydrogen-bond acceptors (Lipinski definition) is 1. The third-order valence-electron chi connectivity index (χ3n) is 3.95. The quantitative estimate of drug-likeness (QED) is 0.679. The first-order valence-corrected chi connectivity index (χ1v) is 6.73. The van der Waals surface area contributed by atoms with Gasteiger partial charge in [0.25, 0.3) is 0 Å². The summed E-state index contributed by atoms with van der Waals surface area (Å²) in [5.74, 6) is 0. The predicted octanol–water partition coefficient (Wildman–Crippen LogP) is 3.20. The predicted molar refractivity (Wildman–Crippen MR) is 77.1 cm³/mol. The maximum Gasteiger partial charge on any atom is 0.0686 e. The molecule has 2 N–H and O–H groups in total. The molecule has 2 heteroatoms. The molecule has 3 aromatic rings. The van der Waals surface area contributed by atoms with Crippen LogP contribution in [0.5, 0.6) is 0 Å². The van der Waals surface area contributed by atoms with E-state index in [4.69, 9.17) is 0 Å². The molecular weight excluding hydrogens is 232 g/mol. The summed E-state index contributed by atoms with van der Waals surface area (Å²) in [5, 5.41) is 4.88. The van der Waals surface area contributed by atoms with E-state index in [1.807, 2.05) is 0 Å². The molecule has 1 aliphatic heterocycles. The van der Waals surface area contributed by atoms with Crippen LogP contribution in [0.15, 0.2) is 48.5 Å². The number of para-hydroxylation sites is 1. The van der Waals surface area contributed by atoms with Gasteiger partial charge in [-0.05, 0) is 23.6 Å². The minimum Gasteiger partial charge on any atom is -0.353 e. The smallest absolute Gasteiger partial charge is 0.0686 e. The summed E-state index contributed by atoms with van der Waals surface area (Å²) in [4.78, 5) is 3.25. The van der Waals surface area contributed by atoms with Crippen molar-refractivity contribution < 1.29 is 0 Å². The lowest BCUT2D eigenvalue weighted by atomic mass is 9.90. The topological polar surface area (TPSA) is 27.8 Å². The van der Waals surface area contributed by atoms with E-state index in [1.54, 1.807) is 0 Å². The summed E-state index contributed by atoms with van der Waals surface area (Å²) < 4.78 is 0. The van der Waals surface area contributed by atoms with Crippen LogP contribution in [0.1, 0.15) is 22.7 Å². The zero-order valence-electron chi connectivity index (χ0n) is 10.6. The van der Waals surface area contributed by atoms with Crippen molar-refractivity contribution in [2.75, 3.05) is 6.54 Å². The maximum absolute atomic E-state index is 3.62. The molecular formula is C17H15N2. The Balaban J connectivity index is 1.90. The summed E-state index contributed by atoms with van der Waals surface area (Å²) in [6.45, 7) is 1.02. The van der Waals surface area contributed by atoms with Crippen molar-refractivity contribution in [3.63, 3.8) is 0 Å². The number of H-pyrrole nitrogens is 1. The summed E-state index contributed by atoms with van der Waals surface area (Å²) in [6.07, 6.45) is 4.44. The van der Waals surface area contributed by atoms with E-state index >= 15 is 0 Å². The minimum atomic E-state index is 0.251. The summed E-state index contributed by atoms with van der Waals surface area (Å²) in [7, 11) is 0. The van der Waals surface area contributed by atoms with E-state index in [0.717, 1.165) is 18.5 Å². The van der Waals surface area contributed by atoms with Crippen LogP contribution in [0.2, 0.25) is 0 Å². The molecule has 0 fully saturated rings. The Hall–Kier alpha value is -2.06. The highest BCUT2D eigenvalue weighted by molar-refractivity contribution is 5.83. The fraction of sp³-hybridized carbons (Fsp3) is 0.176. The molecule has 0 saturated carbocycles. The monoisotopic (exact) mass is 247 g/mol. The van der Waals surface area contributed by atoms with Crippen molar-refractivity contribution in [1.82, 2.24) is 10.3 Å². The standard InChI is InChI=1S/C17H15N2/c1-2-6-13-12(5-1)9-10-18-17(13)15-11-19-16-8-4-3-7-14(15)16/h1-8,17-19H,9-10H2. The Morgan fingerprint density at radius 3 is 2.84 bits per heavy atom. The Morgan fingerprint density at radius 2 is 1.84 bits per heavy atom.